The van der Waals surface area contributed by atoms with E-state index in [2.05, 4.69) is 48.3 Å². The fourth-order valence-electron chi connectivity index (χ4n) is 3.86. The second-order valence-electron chi connectivity index (χ2n) is 8.01. The van der Waals surface area contributed by atoms with Crippen LogP contribution in [-0.2, 0) is 28.2 Å². The molecule has 1 aliphatic heterocycles. The molecule has 0 spiro atoms. The molecule has 3 aromatic rings. The van der Waals surface area contributed by atoms with Crippen molar-refractivity contribution in [2.45, 2.75) is 44.0 Å². The topological polar surface area (TPSA) is 45.5 Å². The highest BCUT2D eigenvalue weighted by Gasteiger charge is 2.41. The number of hydrogen-bond acceptors (Lipinski definition) is 5. The van der Waals surface area contributed by atoms with E-state index in [0.717, 1.165) is 30.1 Å². The van der Waals surface area contributed by atoms with Crippen LogP contribution < -0.4 is 4.74 Å². The van der Waals surface area contributed by atoms with Gasteiger partial charge in [-0.1, -0.05) is 48.0 Å². The van der Waals surface area contributed by atoms with Crippen LogP contribution in [0.4, 0.5) is 0 Å². The second kappa shape index (κ2) is 10.4. The van der Waals surface area contributed by atoms with E-state index < -0.39 is 5.79 Å². The van der Waals surface area contributed by atoms with Gasteiger partial charge in [0.25, 0.3) is 0 Å². The van der Waals surface area contributed by atoms with E-state index in [9.17, 15) is 0 Å². The minimum atomic E-state index is -0.624. The minimum Gasteiger partial charge on any atom is -0.496 e. The van der Waals surface area contributed by atoms with Crippen LogP contribution in [0.1, 0.15) is 23.1 Å². The summed E-state index contributed by atoms with van der Waals surface area (Å²) in [5.41, 5.74) is 3.78. The lowest BCUT2D eigenvalue weighted by atomic mass is 10.0. The summed E-state index contributed by atoms with van der Waals surface area (Å²) in [5.74, 6) is 2.09. The molecule has 1 aliphatic rings. The van der Waals surface area contributed by atoms with Gasteiger partial charge in [-0.25, -0.2) is 4.98 Å². The Kier molecular flexibility index (Phi) is 7.33. The molecule has 0 aliphatic carbocycles. The fraction of sp³-hybridized carbons (Fsp3) is 0.400. The first-order valence-corrected chi connectivity index (χ1v) is 11.8. The lowest BCUT2D eigenvalue weighted by molar-refractivity contribution is -0.180. The Morgan fingerprint density at radius 2 is 2.03 bits per heavy atom. The van der Waals surface area contributed by atoms with Gasteiger partial charge in [0.1, 0.15) is 5.75 Å². The van der Waals surface area contributed by atoms with Crippen molar-refractivity contribution in [2.24, 2.45) is 0 Å². The van der Waals surface area contributed by atoms with Gasteiger partial charge in [0.15, 0.2) is 5.79 Å². The summed E-state index contributed by atoms with van der Waals surface area (Å²) in [5, 5.41) is 0. The van der Waals surface area contributed by atoms with Crippen molar-refractivity contribution in [1.29, 1.82) is 0 Å². The highest BCUT2D eigenvalue weighted by atomic mass is 32.2. The third kappa shape index (κ3) is 5.91. The Morgan fingerprint density at radius 1 is 1.19 bits per heavy atom. The van der Waals surface area contributed by atoms with Gasteiger partial charge in [0.2, 0.25) is 0 Å². The fourth-order valence-corrected chi connectivity index (χ4v) is 4.87. The predicted molar refractivity (Wildman–Crippen MR) is 124 cm³/mol. The average Bonchev–Trinajstić information content (AvgIpc) is 3.44. The van der Waals surface area contributed by atoms with Crippen LogP contribution in [-0.4, -0.2) is 40.9 Å². The molecule has 1 fully saturated rings. The minimum absolute atomic E-state index is 0.0706. The maximum Gasteiger partial charge on any atom is 0.187 e. The third-order valence-corrected chi connectivity index (χ3v) is 6.69. The number of methoxy groups -OCH3 is 1. The van der Waals surface area contributed by atoms with Gasteiger partial charge in [0.05, 0.1) is 32.7 Å². The Bertz CT molecular complexity index is 946. The van der Waals surface area contributed by atoms with E-state index in [-0.39, 0.29) is 6.10 Å². The molecule has 2 unspecified atom stereocenters. The molecule has 2 heterocycles. The molecule has 164 valence electrons. The number of thioether (sulfide) groups is 1. The molecule has 0 saturated carbocycles. The number of aryl methyl sites for hydroxylation is 2. The van der Waals surface area contributed by atoms with Gasteiger partial charge >= 0.3 is 0 Å². The van der Waals surface area contributed by atoms with Crippen molar-refractivity contribution in [3.8, 4) is 5.75 Å². The van der Waals surface area contributed by atoms with Crippen molar-refractivity contribution < 1.29 is 14.2 Å². The molecule has 1 saturated heterocycles. The first kappa shape index (κ1) is 21.9. The number of para-hydroxylation sites is 1. The Morgan fingerprint density at radius 3 is 2.81 bits per heavy atom. The lowest BCUT2D eigenvalue weighted by Gasteiger charge is -2.28. The molecule has 0 radical (unpaired) electrons. The maximum absolute atomic E-state index is 6.54. The van der Waals surface area contributed by atoms with E-state index in [1.165, 1.54) is 16.7 Å². The van der Waals surface area contributed by atoms with Crippen molar-refractivity contribution in [3.05, 3.63) is 83.9 Å². The van der Waals surface area contributed by atoms with E-state index in [0.29, 0.717) is 13.2 Å². The Hall–Kier alpha value is -2.28. The van der Waals surface area contributed by atoms with Crippen LogP contribution in [0.2, 0.25) is 0 Å². The van der Waals surface area contributed by atoms with Crippen LogP contribution in [0.25, 0.3) is 0 Å². The normalized spacial score (nSPS) is 20.8. The van der Waals surface area contributed by atoms with Crippen LogP contribution in [0.15, 0.2) is 67.3 Å². The summed E-state index contributed by atoms with van der Waals surface area (Å²) in [7, 11) is 1.72. The summed E-state index contributed by atoms with van der Waals surface area (Å²) in [4.78, 5) is 4.18. The molecule has 0 N–H and O–H groups in total. The van der Waals surface area contributed by atoms with Crippen LogP contribution in [0, 0.1) is 6.92 Å². The maximum atomic E-state index is 6.54. The standard InChI is InChI=1S/C25H30N2O3S/c1-20-7-9-21(10-8-20)11-12-25(18-27-14-13-26-19-27)29-15-23(30-25)17-31-16-22-5-3-4-6-24(22)28-2/h3-10,13-14,19,23H,11-12,15-18H2,1-2H3. The molecule has 0 bridgehead atoms. The molecule has 31 heavy (non-hydrogen) atoms. The summed E-state index contributed by atoms with van der Waals surface area (Å²) < 4.78 is 20.4. The summed E-state index contributed by atoms with van der Waals surface area (Å²) in [6.45, 7) is 3.37. The molecule has 4 rings (SSSR count). The number of imidazole rings is 1. The second-order valence-corrected chi connectivity index (χ2v) is 9.04. The number of aromatic nitrogens is 2. The predicted octanol–water partition coefficient (Wildman–Crippen LogP) is 4.88. The van der Waals surface area contributed by atoms with Gasteiger partial charge in [-0.05, 0) is 25.0 Å². The van der Waals surface area contributed by atoms with Crippen LogP contribution >= 0.6 is 11.8 Å². The molecule has 5 nitrogen and oxygen atoms in total. The SMILES string of the molecule is COc1ccccc1CSCC1COC(CCc2ccc(C)cc2)(Cn2ccnc2)O1. The van der Waals surface area contributed by atoms with Crippen LogP contribution in [0.3, 0.4) is 0 Å². The lowest BCUT2D eigenvalue weighted by Crippen LogP contribution is -2.37. The van der Waals surface area contributed by atoms with E-state index >= 15 is 0 Å². The zero-order chi connectivity index (χ0) is 21.5. The molecule has 1 aromatic heterocycles. The number of hydrogen-bond donors (Lipinski definition) is 0. The molecule has 2 atom stereocenters. The number of rotatable bonds is 10. The number of ether oxygens (including phenoxy) is 3. The van der Waals surface area contributed by atoms with E-state index in [1.807, 2.05) is 41.0 Å². The number of benzene rings is 2. The van der Waals surface area contributed by atoms with Crippen LogP contribution in [0.5, 0.6) is 5.75 Å². The van der Waals surface area contributed by atoms with Gasteiger partial charge in [-0.15, -0.1) is 0 Å². The molecular weight excluding hydrogens is 408 g/mol. The average molecular weight is 439 g/mol. The third-order valence-electron chi connectivity index (χ3n) is 5.57. The first-order valence-electron chi connectivity index (χ1n) is 10.7. The molecule has 2 aromatic carbocycles. The highest BCUT2D eigenvalue weighted by molar-refractivity contribution is 7.98. The zero-order valence-corrected chi connectivity index (χ0v) is 19.0. The summed E-state index contributed by atoms with van der Waals surface area (Å²) >= 11 is 1.85. The summed E-state index contributed by atoms with van der Waals surface area (Å²) in [6.07, 6.45) is 7.37. The van der Waals surface area contributed by atoms with Gasteiger partial charge in [0, 0.05) is 35.9 Å². The first-order chi connectivity index (χ1) is 15.2. The highest BCUT2D eigenvalue weighted by Crippen LogP contribution is 2.33. The Labute approximate surface area is 188 Å². The van der Waals surface area contributed by atoms with E-state index in [4.69, 9.17) is 14.2 Å². The van der Waals surface area contributed by atoms with E-state index in [1.54, 1.807) is 13.3 Å². The molecule has 6 heteroatoms. The smallest absolute Gasteiger partial charge is 0.187 e. The van der Waals surface area contributed by atoms with Crippen molar-refractivity contribution >= 4 is 11.8 Å². The monoisotopic (exact) mass is 438 g/mol. The van der Waals surface area contributed by atoms with Gasteiger partial charge < -0.3 is 18.8 Å². The van der Waals surface area contributed by atoms with Gasteiger partial charge in [-0.2, -0.15) is 11.8 Å². The molecular formula is C25H30N2O3S. The molecule has 0 amide bonds. The Balaban J connectivity index is 1.36. The van der Waals surface area contributed by atoms with Crippen molar-refractivity contribution in [1.82, 2.24) is 9.55 Å². The number of nitrogens with zero attached hydrogens (tertiary/aromatic N) is 2. The van der Waals surface area contributed by atoms with Crippen molar-refractivity contribution in [3.63, 3.8) is 0 Å². The quantitative estimate of drug-likeness (QED) is 0.452. The zero-order valence-electron chi connectivity index (χ0n) is 18.2. The van der Waals surface area contributed by atoms with Crippen molar-refractivity contribution in [2.75, 3.05) is 19.5 Å². The van der Waals surface area contributed by atoms with Gasteiger partial charge in [-0.3, -0.25) is 0 Å². The summed E-state index contributed by atoms with van der Waals surface area (Å²) in [6, 6.07) is 16.9. The largest absolute Gasteiger partial charge is 0.496 e.